The Hall–Kier alpha value is -1.94. The number of benzene rings is 3. The molecule has 4 atom stereocenters. The molecule has 3 aromatic carbocycles. The molecule has 0 N–H and O–H groups in total. The van der Waals surface area contributed by atoms with Crippen molar-refractivity contribution in [2.45, 2.75) is 32.0 Å². The lowest BCUT2D eigenvalue weighted by atomic mass is 9.73. The number of hydrogen-bond acceptors (Lipinski definition) is 1. The van der Waals surface area contributed by atoms with Gasteiger partial charge in [-0.05, 0) is 34.4 Å². The van der Waals surface area contributed by atoms with E-state index in [1.54, 1.807) is 0 Å². The summed E-state index contributed by atoms with van der Waals surface area (Å²) in [6.45, 7) is 9.23. The summed E-state index contributed by atoms with van der Waals surface area (Å²) in [4.78, 5) is 0. The van der Waals surface area contributed by atoms with Gasteiger partial charge in [0.25, 0.3) is 0 Å². The topological polar surface area (TPSA) is 9.23 Å². The van der Waals surface area contributed by atoms with Crippen LogP contribution in [-0.2, 0) is 17.9 Å². The molecule has 0 radical (unpaired) electrons. The average molecular weight is 477 g/mol. The number of nitrogens with zero attached hydrogens (tertiary/aromatic N) is 1. The maximum absolute atomic E-state index is 6.42. The highest BCUT2D eigenvalue weighted by molar-refractivity contribution is 9.10. The molecule has 160 valence electrons. The summed E-state index contributed by atoms with van der Waals surface area (Å²) in [6, 6.07) is 24.6. The molecule has 2 nitrogen and oxygen atoms in total. The van der Waals surface area contributed by atoms with E-state index in [4.69, 9.17) is 4.74 Å². The van der Waals surface area contributed by atoms with Crippen LogP contribution in [0.2, 0.25) is 0 Å². The van der Waals surface area contributed by atoms with Crippen molar-refractivity contribution < 1.29 is 9.22 Å². The molecule has 3 aliphatic rings. The molecule has 3 heteroatoms. The third-order valence-corrected chi connectivity index (χ3v) is 8.16. The largest absolute Gasteiger partial charge is 0.371 e. The maximum atomic E-state index is 6.42. The Labute approximate surface area is 194 Å². The molecular formula is C28H31BrNO+. The minimum atomic E-state index is 0.563. The highest BCUT2D eigenvalue weighted by atomic mass is 79.9. The second-order valence-electron chi connectivity index (χ2n) is 9.40. The molecule has 0 aliphatic carbocycles. The van der Waals surface area contributed by atoms with E-state index in [9.17, 15) is 0 Å². The van der Waals surface area contributed by atoms with Crippen LogP contribution in [0.4, 0.5) is 0 Å². The Bertz CT molecular complexity index is 1060. The van der Waals surface area contributed by atoms with Gasteiger partial charge >= 0.3 is 0 Å². The molecule has 6 rings (SSSR count). The van der Waals surface area contributed by atoms with Gasteiger partial charge in [0.1, 0.15) is 12.6 Å². The summed E-state index contributed by atoms with van der Waals surface area (Å²) in [6.07, 6.45) is 4.78. The zero-order chi connectivity index (χ0) is 21.3. The minimum absolute atomic E-state index is 0.563. The summed E-state index contributed by atoms with van der Waals surface area (Å²) in [5, 5.41) is 2.59. The number of halogens is 1. The number of rotatable bonds is 7. The van der Waals surface area contributed by atoms with E-state index < -0.39 is 0 Å². The van der Waals surface area contributed by atoms with Gasteiger partial charge < -0.3 is 9.22 Å². The number of piperidine rings is 3. The lowest BCUT2D eigenvalue weighted by Crippen LogP contribution is -2.67. The zero-order valence-corrected chi connectivity index (χ0v) is 19.6. The van der Waals surface area contributed by atoms with E-state index in [2.05, 4.69) is 95.3 Å². The van der Waals surface area contributed by atoms with Crippen LogP contribution in [0, 0.1) is 11.8 Å². The third-order valence-electron chi connectivity index (χ3n) is 7.64. The molecule has 0 amide bonds. The predicted molar refractivity (Wildman–Crippen MR) is 132 cm³/mol. The Morgan fingerprint density at radius 1 is 1.03 bits per heavy atom. The predicted octanol–water partition coefficient (Wildman–Crippen LogP) is 6.73. The second kappa shape index (κ2) is 8.90. The first-order chi connectivity index (χ1) is 15.2. The lowest BCUT2D eigenvalue weighted by molar-refractivity contribution is -0.981. The van der Waals surface area contributed by atoms with Gasteiger partial charge in [-0.2, -0.15) is 0 Å². The quantitative estimate of drug-likeness (QED) is 0.271. The SMILES string of the molecule is C=C[C@H]1C[N+]2(Cc3ccc(Br)cc3)CCC1C[C@H]2COCc1cccc2ccccc12. The lowest BCUT2D eigenvalue weighted by Gasteiger charge is -2.57. The van der Waals surface area contributed by atoms with Gasteiger partial charge in [0, 0.05) is 28.8 Å². The van der Waals surface area contributed by atoms with Crippen molar-refractivity contribution in [3.8, 4) is 0 Å². The van der Waals surface area contributed by atoms with Crippen LogP contribution >= 0.6 is 15.9 Å². The van der Waals surface area contributed by atoms with Gasteiger partial charge in [-0.1, -0.05) is 76.6 Å². The molecule has 3 aromatic rings. The van der Waals surface area contributed by atoms with Crippen LogP contribution in [0.5, 0.6) is 0 Å². The molecule has 2 unspecified atom stereocenters. The van der Waals surface area contributed by atoms with Crippen molar-refractivity contribution in [3.05, 3.63) is 95.0 Å². The first-order valence-corrected chi connectivity index (χ1v) is 12.2. The molecule has 0 aromatic heterocycles. The summed E-state index contributed by atoms with van der Waals surface area (Å²) in [7, 11) is 0. The highest BCUT2D eigenvalue weighted by Gasteiger charge is 2.51. The fourth-order valence-corrected chi connectivity index (χ4v) is 6.20. The first-order valence-electron chi connectivity index (χ1n) is 11.4. The Morgan fingerprint density at radius 3 is 2.68 bits per heavy atom. The van der Waals surface area contributed by atoms with Gasteiger partial charge in [-0.3, -0.25) is 0 Å². The normalized spacial score (nSPS) is 27.5. The van der Waals surface area contributed by atoms with E-state index in [0.29, 0.717) is 18.6 Å². The smallest absolute Gasteiger partial charge is 0.113 e. The highest BCUT2D eigenvalue weighted by Crippen LogP contribution is 2.43. The van der Waals surface area contributed by atoms with E-state index in [0.717, 1.165) is 28.0 Å². The molecule has 31 heavy (non-hydrogen) atoms. The third kappa shape index (κ3) is 4.24. The number of hydrogen-bond donors (Lipinski definition) is 0. The molecule has 3 fully saturated rings. The van der Waals surface area contributed by atoms with Crippen molar-refractivity contribution in [1.29, 1.82) is 0 Å². The molecule has 3 heterocycles. The fourth-order valence-electron chi connectivity index (χ4n) is 5.94. The first kappa shape index (κ1) is 20.9. The zero-order valence-electron chi connectivity index (χ0n) is 18.1. The van der Waals surface area contributed by atoms with Crippen LogP contribution in [-0.4, -0.2) is 30.2 Å². The van der Waals surface area contributed by atoms with Gasteiger partial charge in [0.15, 0.2) is 0 Å². The fraction of sp³-hybridized carbons (Fsp3) is 0.357. The molecule has 2 bridgehead atoms. The molecule has 3 saturated heterocycles. The van der Waals surface area contributed by atoms with Gasteiger partial charge in [-0.15, -0.1) is 6.58 Å². The summed E-state index contributed by atoms with van der Waals surface area (Å²) in [5.41, 5.74) is 2.71. The minimum Gasteiger partial charge on any atom is -0.371 e. The van der Waals surface area contributed by atoms with Crippen molar-refractivity contribution in [1.82, 2.24) is 0 Å². The molecular weight excluding hydrogens is 446 g/mol. The van der Waals surface area contributed by atoms with Crippen molar-refractivity contribution in [2.24, 2.45) is 11.8 Å². The number of quaternary nitrogens is 1. The number of ether oxygens (including phenoxy) is 1. The summed E-state index contributed by atoms with van der Waals surface area (Å²) < 4.78 is 8.71. The molecule has 0 saturated carbocycles. The summed E-state index contributed by atoms with van der Waals surface area (Å²) in [5.74, 6) is 1.41. The van der Waals surface area contributed by atoms with E-state index >= 15 is 0 Å². The monoisotopic (exact) mass is 476 g/mol. The van der Waals surface area contributed by atoms with E-state index in [-0.39, 0.29) is 0 Å². The van der Waals surface area contributed by atoms with Crippen LogP contribution in [0.3, 0.4) is 0 Å². The number of fused-ring (bicyclic) bond motifs is 4. The van der Waals surface area contributed by atoms with E-state index in [1.165, 1.54) is 47.8 Å². The van der Waals surface area contributed by atoms with Crippen LogP contribution < -0.4 is 0 Å². The summed E-state index contributed by atoms with van der Waals surface area (Å²) >= 11 is 3.58. The Morgan fingerprint density at radius 2 is 1.84 bits per heavy atom. The Kier molecular flexibility index (Phi) is 6.01. The van der Waals surface area contributed by atoms with Gasteiger partial charge in [0.05, 0.1) is 26.3 Å². The van der Waals surface area contributed by atoms with Crippen LogP contribution in [0.1, 0.15) is 24.0 Å². The van der Waals surface area contributed by atoms with Gasteiger partial charge in [0.2, 0.25) is 0 Å². The van der Waals surface area contributed by atoms with Crippen molar-refractivity contribution >= 4 is 26.7 Å². The molecule has 3 aliphatic heterocycles. The van der Waals surface area contributed by atoms with Crippen molar-refractivity contribution in [2.75, 3.05) is 19.7 Å². The van der Waals surface area contributed by atoms with Crippen LogP contribution in [0.25, 0.3) is 10.8 Å². The van der Waals surface area contributed by atoms with E-state index in [1.807, 2.05) is 0 Å². The van der Waals surface area contributed by atoms with Crippen molar-refractivity contribution in [3.63, 3.8) is 0 Å². The standard InChI is InChI=1S/C28H31BrNO/c1-2-22-18-30(17-21-10-12-26(29)13-11-21)15-14-24(22)16-27(30)20-31-19-25-8-5-7-23-6-3-4-9-28(23)25/h2-13,22,24,27H,1,14-20H2/q+1/t22-,24?,27-,30?/m0/s1. The van der Waals surface area contributed by atoms with Crippen LogP contribution in [0.15, 0.2) is 83.9 Å². The average Bonchev–Trinajstić information content (AvgIpc) is 2.81. The van der Waals surface area contributed by atoms with Gasteiger partial charge in [-0.25, -0.2) is 0 Å². The Balaban J connectivity index is 1.33. The molecule has 0 spiro atoms. The second-order valence-corrected chi connectivity index (χ2v) is 10.3. The maximum Gasteiger partial charge on any atom is 0.113 e.